The van der Waals surface area contributed by atoms with Crippen LogP contribution in [0.25, 0.3) is 22.2 Å². The van der Waals surface area contributed by atoms with Gasteiger partial charge in [0.1, 0.15) is 0 Å². The van der Waals surface area contributed by atoms with E-state index in [1.807, 2.05) is 11.4 Å². The number of thiazole rings is 1. The lowest BCUT2D eigenvalue weighted by Gasteiger charge is -2.03. The van der Waals surface area contributed by atoms with Crippen molar-refractivity contribution >= 4 is 33.8 Å². The predicted molar refractivity (Wildman–Crippen MR) is 84.1 cm³/mol. The summed E-state index contributed by atoms with van der Waals surface area (Å²) in [5.74, 6) is 6.24. The molecule has 1 aliphatic rings. The number of aromatic nitrogens is 2. The first-order valence-corrected chi connectivity index (χ1v) is 7.70. The van der Waals surface area contributed by atoms with E-state index in [0.29, 0.717) is 17.5 Å². The molecule has 5 nitrogen and oxygen atoms in total. The van der Waals surface area contributed by atoms with Gasteiger partial charge in [0.25, 0.3) is 0 Å². The van der Waals surface area contributed by atoms with Gasteiger partial charge in [-0.25, -0.2) is 15.8 Å². The van der Waals surface area contributed by atoms with Crippen LogP contribution in [0.1, 0.15) is 24.5 Å². The van der Waals surface area contributed by atoms with E-state index in [4.69, 9.17) is 5.84 Å². The fourth-order valence-corrected chi connectivity index (χ4v) is 3.21. The number of nitrogens with two attached hydrogens (primary N) is 1. The third-order valence-electron chi connectivity index (χ3n) is 3.78. The SMILES string of the molecule is NN(C=O)c1nc(-c2ccc3[nH]c(C4CC4)cc3c2)cs1. The van der Waals surface area contributed by atoms with Gasteiger partial charge in [0.2, 0.25) is 11.5 Å². The van der Waals surface area contributed by atoms with Crippen molar-refractivity contribution in [3.05, 3.63) is 35.3 Å². The van der Waals surface area contributed by atoms with E-state index in [2.05, 4.69) is 28.2 Å². The molecule has 21 heavy (non-hydrogen) atoms. The highest BCUT2D eigenvalue weighted by Crippen LogP contribution is 2.41. The minimum atomic E-state index is 0.493. The number of amides is 1. The Balaban J connectivity index is 1.72. The molecule has 0 atom stereocenters. The van der Waals surface area contributed by atoms with Gasteiger partial charge < -0.3 is 4.98 Å². The lowest BCUT2D eigenvalue weighted by molar-refractivity contribution is -0.107. The van der Waals surface area contributed by atoms with Crippen molar-refractivity contribution in [3.63, 3.8) is 0 Å². The summed E-state index contributed by atoms with van der Waals surface area (Å²) in [5.41, 5.74) is 4.36. The summed E-state index contributed by atoms with van der Waals surface area (Å²) in [7, 11) is 0. The Morgan fingerprint density at radius 3 is 3.00 bits per heavy atom. The molecule has 2 heterocycles. The number of anilines is 1. The summed E-state index contributed by atoms with van der Waals surface area (Å²) in [4.78, 5) is 18.5. The van der Waals surface area contributed by atoms with Gasteiger partial charge >= 0.3 is 0 Å². The topological polar surface area (TPSA) is 75.0 Å². The van der Waals surface area contributed by atoms with Gasteiger partial charge in [-0.1, -0.05) is 6.07 Å². The summed E-state index contributed by atoms with van der Waals surface area (Å²) in [5, 5.41) is 4.60. The molecule has 1 aromatic carbocycles. The first-order valence-electron chi connectivity index (χ1n) is 6.82. The Morgan fingerprint density at radius 2 is 2.24 bits per heavy atom. The molecule has 0 radical (unpaired) electrons. The Bertz CT molecular complexity index is 818. The molecule has 3 aromatic rings. The van der Waals surface area contributed by atoms with Crippen LogP contribution in [0.15, 0.2) is 29.6 Å². The monoisotopic (exact) mass is 298 g/mol. The summed E-state index contributed by atoms with van der Waals surface area (Å²) in [6, 6.07) is 8.47. The number of nitrogens with one attached hydrogen (secondary N) is 1. The van der Waals surface area contributed by atoms with Crippen molar-refractivity contribution in [1.82, 2.24) is 9.97 Å². The van der Waals surface area contributed by atoms with Crippen LogP contribution in [-0.2, 0) is 4.79 Å². The lowest BCUT2D eigenvalue weighted by atomic mass is 10.1. The average molecular weight is 298 g/mol. The number of hydrazine groups is 1. The molecule has 1 fully saturated rings. The van der Waals surface area contributed by atoms with Crippen LogP contribution in [0, 0.1) is 0 Å². The maximum absolute atomic E-state index is 10.7. The van der Waals surface area contributed by atoms with E-state index in [1.165, 1.54) is 35.3 Å². The molecule has 3 N–H and O–H groups in total. The molecule has 0 saturated heterocycles. The number of aromatic amines is 1. The van der Waals surface area contributed by atoms with Gasteiger partial charge in [-0.2, -0.15) is 0 Å². The molecule has 0 aliphatic heterocycles. The summed E-state index contributed by atoms with van der Waals surface area (Å²) in [6.45, 7) is 0. The van der Waals surface area contributed by atoms with E-state index in [9.17, 15) is 4.79 Å². The molecule has 6 heteroatoms. The van der Waals surface area contributed by atoms with Crippen LogP contribution in [-0.4, -0.2) is 16.4 Å². The number of nitrogens with zero attached hydrogens (tertiary/aromatic N) is 2. The molecule has 0 unspecified atom stereocenters. The number of hydrogen-bond donors (Lipinski definition) is 2. The highest BCUT2D eigenvalue weighted by molar-refractivity contribution is 7.14. The van der Waals surface area contributed by atoms with Crippen molar-refractivity contribution < 1.29 is 4.79 Å². The Hall–Kier alpha value is -2.18. The van der Waals surface area contributed by atoms with Crippen LogP contribution in [0.2, 0.25) is 0 Å². The molecule has 0 spiro atoms. The van der Waals surface area contributed by atoms with Gasteiger partial charge in [0, 0.05) is 27.5 Å². The number of hydrogen-bond acceptors (Lipinski definition) is 4. The summed E-state index contributed by atoms with van der Waals surface area (Å²) >= 11 is 1.35. The van der Waals surface area contributed by atoms with E-state index in [1.54, 1.807) is 0 Å². The van der Waals surface area contributed by atoms with Crippen molar-refractivity contribution in [2.45, 2.75) is 18.8 Å². The second kappa shape index (κ2) is 4.68. The average Bonchev–Trinajstić information content (AvgIpc) is 3.09. The fraction of sp³-hybridized carbons (Fsp3) is 0.200. The van der Waals surface area contributed by atoms with Crippen LogP contribution in [0.3, 0.4) is 0 Å². The first-order chi connectivity index (χ1) is 10.2. The van der Waals surface area contributed by atoms with Crippen molar-refractivity contribution in [3.8, 4) is 11.3 Å². The number of rotatable bonds is 4. The normalized spacial score (nSPS) is 14.5. The third kappa shape index (κ3) is 2.22. The Kier molecular flexibility index (Phi) is 2.80. The minimum Gasteiger partial charge on any atom is -0.358 e. The quantitative estimate of drug-likeness (QED) is 0.336. The number of fused-ring (bicyclic) bond motifs is 1. The zero-order chi connectivity index (χ0) is 14.4. The lowest BCUT2D eigenvalue weighted by Crippen LogP contribution is -2.28. The van der Waals surface area contributed by atoms with Crippen molar-refractivity contribution in [2.75, 3.05) is 5.01 Å². The third-order valence-corrected chi connectivity index (χ3v) is 4.64. The Morgan fingerprint density at radius 1 is 1.38 bits per heavy atom. The zero-order valence-electron chi connectivity index (χ0n) is 11.2. The zero-order valence-corrected chi connectivity index (χ0v) is 12.1. The van der Waals surface area contributed by atoms with Gasteiger partial charge in [-0.05, 0) is 37.0 Å². The minimum absolute atomic E-state index is 0.493. The second-order valence-corrected chi connectivity index (χ2v) is 6.17. The molecule has 4 rings (SSSR count). The second-order valence-electron chi connectivity index (χ2n) is 5.33. The molecule has 2 aromatic heterocycles. The fourth-order valence-electron chi connectivity index (χ4n) is 2.49. The van der Waals surface area contributed by atoms with Gasteiger partial charge in [0.15, 0.2) is 0 Å². The van der Waals surface area contributed by atoms with E-state index in [0.717, 1.165) is 21.8 Å². The van der Waals surface area contributed by atoms with Crippen molar-refractivity contribution in [1.29, 1.82) is 0 Å². The van der Waals surface area contributed by atoms with E-state index >= 15 is 0 Å². The van der Waals surface area contributed by atoms with Crippen LogP contribution in [0.4, 0.5) is 5.13 Å². The van der Waals surface area contributed by atoms with Gasteiger partial charge in [-0.3, -0.25) is 4.79 Å². The molecule has 106 valence electrons. The van der Waals surface area contributed by atoms with Crippen LogP contribution >= 0.6 is 11.3 Å². The van der Waals surface area contributed by atoms with Crippen LogP contribution < -0.4 is 10.9 Å². The molecular formula is C15H14N4OS. The largest absolute Gasteiger partial charge is 0.358 e. The molecular weight excluding hydrogens is 284 g/mol. The number of carbonyl (C=O) groups is 1. The van der Waals surface area contributed by atoms with Gasteiger partial charge in [-0.15, -0.1) is 11.3 Å². The first kappa shape index (κ1) is 12.6. The number of benzene rings is 1. The molecule has 1 amide bonds. The van der Waals surface area contributed by atoms with E-state index in [-0.39, 0.29) is 0 Å². The Labute approximate surface area is 125 Å². The molecule has 1 saturated carbocycles. The number of carbonyl (C=O) groups excluding carboxylic acids is 1. The highest BCUT2D eigenvalue weighted by Gasteiger charge is 2.25. The molecule has 1 aliphatic carbocycles. The number of H-pyrrole nitrogens is 1. The molecule has 0 bridgehead atoms. The van der Waals surface area contributed by atoms with Crippen LogP contribution in [0.5, 0.6) is 0 Å². The van der Waals surface area contributed by atoms with Gasteiger partial charge in [0.05, 0.1) is 5.69 Å². The standard InChI is InChI=1S/C15H14N4OS/c16-19(8-20)15-18-14(7-21-15)10-3-4-12-11(5-10)6-13(17-12)9-1-2-9/h3-9,17H,1-2,16H2. The summed E-state index contributed by atoms with van der Waals surface area (Å²) < 4.78 is 0. The maximum Gasteiger partial charge on any atom is 0.230 e. The maximum atomic E-state index is 10.7. The smallest absolute Gasteiger partial charge is 0.230 e. The predicted octanol–water partition coefficient (Wildman–Crippen LogP) is 3.01. The highest BCUT2D eigenvalue weighted by atomic mass is 32.1. The van der Waals surface area contributed by atoms with E-state index < -0.39 is 0 Å². The van der Waals surface area contributed by atoms with Crippen molar-refractivity contribution in [2.24, 2.45) is 5.84 Å². The summed E-state index contributed by atoms with van der Waals surface area (Å²) in [6.07, 6.45) is 3.13.